The number of nitrogens with one attached hydrogen (secondary N) is 1. The van der Waals surface area contributed by atoms with Gasteiger partial charge in [0.15, 0.2) is 0 Å². The van der Waals surface area contributed by atoms with Crippen molar-refractivity contribution in [2.75, 3.05) is 18.0 Å². The SMILES string of the molecule is Cc1nn(-c2ccc(F)cc2)c(Cl)c1C(=O)NC1CCCN(c2ccccc2)C1. The molecule has 0 bridgehead atoms. The van der Waals surface area contributed by atoms with Gasteiger partial charge in [0, 0.05) is 24.8 Å². The predicted molar refractivity (Wildman–Crippen MR) is 112 cm³/mol. The highest BCUT2D eigenvalue weighted by atomic mass is 35.5. The summed E-state index contributed by atoms with van der Waals surface area (Å²) in [6.07, 6.45) is 1.92. The second kappa shape index (κ2) is 8.25. The van der Waals surface area contributed by atoms with E-state index in [2.05, 4.69) is 27.4 Å². The molecule has 1 aromatic heterocycles. The van der Waals surface area contributed by atoms with Crippen LogP contribution in [-0.4, -0.2) is 34.8 Å². The van der Waals surface area contributed by atoms with Gasteiger partial charge in [0.25, 0.3) is 5.91 Å². The number of benzene rings is 2. The first-order valence-corrected chi connectivity index (χ1v) is 10.0. The number of amides is 1. The number of anilines is 1. The number of para-hydroxylation sites is 1. The average molecular weight is 413 g/mol. The molecule has 5 nitrogen and oxygen atoms in total. The van der Waals surface area contributed by atoms with Crippen molar-refractivity contribution in [3.05, 3.63) is 76.8 Å². The minimum atomic E-state index is -0.341. The molecule has 0 spiro atoms. The van der Waals surface area contributed by atoms with Crippen molar-refractivity contribution in [2.45, 2.75) is 25.8 Å². The third-order valence-electron chi connectivity index (χ3n) is 5.18. The quantitative estimate of drug-likeness (QED) is 0.692. The zero-order valence-corrected chi connectivity index (χ0v) is 16.9. The van der Waals surface area contributed by atoms with Crippen LogP contribution in [-0.2, 0) is 0 Å². The van der Waals surface area contributed by atoms with E-state index in [1.165, 1.54) is 16.8 Å². The van der Waals surface area contributed by atoms with Crippen LogP contribution in [0.25, 0.3) is 5.69 Å². The van der Waals surface area contributed by atoms with E-state index in [1.54, 1.807) is 19.1 Å². The maximum Gasteiger partial charge on any atom is 0.256 e. The summed E-state index contributed by atoms with van der Waals surface area (Å²) in [6.45, 7) is 3.47. The molecule has 0 saturated carbocycles. The van der Waals surface area contributed by atoms with Crippen LogP contribution in [0.1, 0.15) is 28.9 Å². The Balaban J connectivity index is 1.50. The van der Waals surface area contributed by atoms with Gasteiger partial charge >= 0.3 is 0 Å². The minimum absolute atomic E-state index is 0.0288. The summed E-state index contributed by atoms with van der Waals surface area (Å²) < 4.78 is 14.7. The van der Waals surface area contributed by atoms with E-state index in [4.69, 9.17) is 11.6 Å². The fourth-order valence-corrected chi connectivity index (χ4v) is 4.09. The number of piperidine rings is 1. The van der Waals surface area contributed by atoms with Gasteiger partial charge in [-0.05, 0) is 56.2 Å². The summed E-state index contributed by atoms with van der Waals surface area (Å²) in [5.41, 5.74) is 2.65. The summed E-state index contributed by atoms with van der Waals surface area (Å²) in [7, 11) is 0. The van der Waals surface area contributed by atoms with E-state index < -0.39 is 0 Å². The Labute approximate surface area is 174 Å². The van der Waals surface area contributed by atoms with Gasteiger partial charge in [-0.1, -0.05) is 29.8 Å². The molecule has 3 aromatic rings. The largest absolute Gasteiger partial charge is 0.369 e. The van der Waals surface area contributed by atoms with E-state index in [0.29, 0.717) is 16.9 Å². The summed E-state index contributed by atoms with van der Waals surface area (Å²) in [6, 6.07) is 16.1. The smallest absolute Gasteiger partial charge is 0.256 e. The normalized spacial score (nSPS) is 16.7. The number of hydrogen-bond donors (Lipinski definition) is 1. The Kier molecular flexibility index (Phi) is 5.53. The van der Waals surface area contributed by atoms with Crippen LogP contribution in [0.2, 0.25) is 5.15 Å². The van der Waals surface area contributed by atoms with Crippen LogP contribution in [0, 0.1) is 12.7 Å². The number of aryl methyl sites for hydroxylation is 1. The number of aromatic nitrogens is 2. The molecule has 0 radical (unpaired) electrons. The van der Waals surface area contributed by atoms with Crippen LogP contribution >= 0.6 is 11.6 Å². The van der Waals surface area contributed by atoms with Crippen molar-refractivity contribution < 1.29 is 9.18 Å². The second-order valence-corrected chi connectivity index (χ2v) is 7.59. The summed E-state index contributed by atoms with van der Waals surface area (Å²) in [5.74, 6) is -0.576. The first-order chi connectivity index (χ1) is 14.0. The van der Waals surface area contributed by atoms with Crippen LogP contribution < -0.4 is 10.2 Å². The lowest BCUT2D eigenvalue weighted by molar-refractivity contribution is 0.0932. The molecule has 1 aliphatic heterocycles. The number of hydrogen-bond acceptors (Lipinski definition) is 3. The van der Waals surface area contributed by atoms with E-state index >= 15 is 0 Å². The van der Waals surface area contributed by atoms with Gasteiger partial charge in [0.1, 0.15) is 11.0 Å². The number of halogens is 2. The highest BCUT2D eigenvalue weighted by Crippen LogP contribution is 2.25. The molecule has 2 aromatic carbocycles. The van der Waals surface area contributed by atoms with E-state index in [0.717, 1.165) is 31.6 Å². The third kappa shape index (κ3) is 4.12. The summed E-state index contributed by atoms with van der Waals surface area (Å²) >= 11 is 6.48. The first kappa shape index (κ1) is 19.5. The Morgan fingerprint density at radius 3 is 2.59 bits per heavy atom. The molecule has 1 amide bonds. The molecule has 2 heterocycles. The number of nitrogens with zero attached hydrogens (tertiary/aromatic N) is 3. The lowest BCUT2D eigenvalue weighted by Gasteiger charge is -2.34. The van der Waals surface area contributed by atoms with E-state index in [-0.39, 0.29) is 22.9 Å². The fraction of sp³-hybridized carbons (Fsp3) is 0.273. The van der Waals surface area contributed by atoms with Crippen molar-refractivity contribution in [3.8, 4) is 5.69 Å². The van der Waals surface area contributed by atoms with Gasteiger partial charge in [-0.25, -0.2) is 9.07 Å². The molecule has 7 heteroatoms. The standard InChI is InChI=1S/C22H22ClFN4O/c1-15-20(21(23)28(26-15)19-11-9-16(24)10-12-19)22(29)25-17-6-5-13-27(14-17)18-7-3-2-4-8-18/h2-4,7-12,17H,5-6,13-14H2,1H3,(H,25,29). The monoisotopic (exact) mass is 412 g/mol. The Bertz CT molecular complexity index is 1000. The Hall–Kier alpha value is -2.86. The van der Waals surface area contributed by atoms with Gasteiger partial charge in [-0.15, -0.1) is 0 Å². The summed E-state index contributed by atoms with van der Waals surface area (Å²) in [5, 5.41) is 7.71. The van der Waals surface area contributed by atoms with Crippen molar-refractivity contribution in [2.24, 2.45) is 0 Å². The zero-order chi connectivity index (χ0) is 20.4. The van der Waals surface area contributed by atoms with Gasteiger partial charge in [-0.2, -0.15) is 5.10 Å². The van der Waals surface area contributed by atoms with Gasteiger partial charge < -0.3 is 10.2 Å². The maximum absolute atomic E-state index is 13.2. The van der Waals surface area contributed by atoms with E-state index in [1.807, 2.05) is 18.2 Å². The van der Waals surface area contributed by atoms with Crippen molar-refractivity contribution in [3.63, 3.8) is 0 Å². The Morgan fingerprint density at radius 2 is 1.86 bits per heavy atom. The molecule has 4 rings (SSSR count). The van der Waals surface area contributed by atoms with Gasteiger partial charge in [0.2, 0.25) is 0 Å². The molecule has 1 fully saturated rings. The molecule has 150 valence electrons. The molecule has 1 unspecified atom stereocenters. The van der Waals surface area contributed by atoms with Crippen LogP contribution in [0.4, 0.5) is 10.1 Å². The number of carbonyl (C=O) groups is 1. The molecule has 1 saturated heterocycles. The fourth-order valence-electron chi connectivity index (χ4n) is 3.74. The maximum atomic E-state index is 13.2. The molecule has 1 N–H and O–H groups in total. The van der Waals surface area contributed by atoms with Crippen LogP contribution in [0.15, 0.2) is 54.6 Å². The van der Waals surface area contributed by atoms with Crippen molar-refractivity contribution in [1.29, 1.82) is 0 Å². The van der Waals surface area contributed by atoms with Crippen LogP contribution in [0.5, 0.6) is 0 Å². The van der Waals surface area contributed by atoms with Gasteiger partial charge in [0.05, 0.1) is 16.9 Å². The highest BCUT2D eigenvalue weighted by molar-refractivity contribution is 6.33. The zero-order valence-electron chi connectivity index (χ0n) is 16.1. The Morgan fingerprint density at radius 1 is 1.14 bits per heavy atom. The lowest BCUT2D eigenvalue weighted by atomic mass is 10.0. The minimum Gasteiger partial charge on any atom is -0.369 e. The molecular weight excluding hydrogens is 391 g/mol. The first-order valence-electron chi connectivity index (χ1n) is 9.65. The third-order valence-corrected chi connectivity index (χ3v) is 5.53. The van der Waals surface area contributed by atoms with Crippen LogP contribution in [0.3, 0.4) is 0 Å². The predicted octanol–water partition coefficient (Wildman–Crippen LogP) is 4.37. The van der Waals surface area contributed by atoms with Crippen molar-refractivity contribution in [1.82, 2.24) is 15.1 Å². The average Bonchev–Trinajstić information content (AvgIpc) is 3.03. The van der Waals surface area contributed by atoms with E-state index in [9.17, 15) is 9.18 Å². The second-order valence-electron chi connectivity index (χ2n) is 7.23. The molecule has 1 atom stereocenters. The number of carbonyl (C=O) groups excluding carboxylic acids is 1. The van der Waals surface area contributed by atoms with Gasteiger partial charge in [-0.3, -0.25) is 4.79 Å². The molecular formula is C22H22ClFN4O. The summed E-state index contributed by atoms with van der Waals surface area (Å²) in [4.78, 5) is 15.3. The molecule has 0 aliphatic carbocycles. The lowest BCUT2D eigenvalue weighted by Crippen LogP contribution is -2.48. The van der Waals surface area contributed by atoms with Crippen molar-refractivity contribution >= 4 is 23.2 Å². The molecule has 1 aliphatic rings. The number of rotatable bonds is 4. The molecule has 29 heavy (non-hydrogen) atoms. The topological polar surface area (TPSA) is 50.2 Å². The highest BCUT2D eigenvalue weighted by Gasteiger charge is 2.26.